The van der Waals surface area contributed by atoms with E-state index in [4.69, 9.17) is 28.9 Å². The van der Waals surface area contributed by atoms with Crippen molar-refractivity contribution in [3.05, 3.63) is 34.2 Å². The third-order valence-corrected chi connectivity index (χ3v) is 6.39. The number of hydrogen-bond donors (Lipinski definition) is 4. The van der Waals surface area contributed by atoms with Crippen LogP contribution in [0.25, 0.3) is 11.2 Å². The number of hydrogen-bond acceptors (Lipinski definition) is 7. The largest absolute Gasteiger partial charge is 0.394 e. The summed E-state index contributed by atoms with van der Waals surface area (Å²) in [5, 5.41) is 15.7. The van der Waals surface area contributed by atoms with Crippen molar-refractivity contribution in [3.8, 4) is 0 Å². The van der Waals surface area contributed by atoms with Gasteiger partial charge in [-0.2, -0.15) is 4.98 Å². The lowest BCUT2D eigenvalue weighted by atomic mass is 9.85. The van der Waals surface area contributed by atoms with Gasteiger partial charge in [0, 0.05) is 18.0 Å². The highest BCUT2D eigenvalue weighted by atomic mass is 35.5. The van der Waals surface area contributed by atoms with Gasteiger partial charge in [-0.3, -0.25) is 9.36 Å². The molecule has 1 aliphatic rings. The smallest absolute Gasteiger partial charge is 0.225 e. The van der Waals surface area contributed by atoms with Gasteiger partial charge in [-0.25, -0.2) is 14.4 Å². The van der Waals surface area contributed by atoms with Crippen molar-refractivity contribution in [1.29, 1.82) is 0 Å². The molecule has 1 saturated carbocycles. The molecule has 2 aromatic heterocycles. The summed E-state index contributed by atoms with van der Waals surface area (Å²) < 4.78 is 15.6. The Morgan fingerprint density at radius 2 is 1.94 bits per heavy atom. The molecule has 0 saturated heterocycles. The number of imidazole rings is 1. The molecule has 1 amide bonds. The highest BCUT2D eigenvalue weighted by molar-refractivity contribution is 6.39. The molecule has 3 aromatic rings. The first kappa shape index (κ1) is 23.5. The Labute approximate surface area is 199 Å². The molecule has 0 radical (unpaired) electrons. The second-order valence-electron chi connectivity index (χ2n) is 8.21. The molecule has 12 heteroatoms. The number of amides is 1. The maximum absolute atomic E-state index is 13.7. The third-order valence-electron chi connectivity index (χ3n) is 5.79. The highest BCUT2D eigenvalue weighted by Crippen LogP contribution is 2.39. The average molecular weight is 496 g/mol. The molecule has 1 aliphatic carbocycles. The van der Waals surface area contributed by atoms with Gasteiger partial charge in [0.05, 0.1) is 28.5 Å². The van der Waals surface area contributed by atoms with Crippen LogP contribution < -0.4 is 16.4 Å². The van der Waals surface area contributed by atoms with E-state index in [0.29, 0.717) is 54.4 Å². The zero-order chi connectivity index (χ0) is 23.7. The number of aliphatic hydroxyl groups excluding tert-OH is 1. The minimum absolute atomic E-state index is 0.0240. The van der Waals surface area contributed by atoms with Crippen molar-refractivity contribution in [2.24, 2.45) is 11.7 Å². The molecule has 4 rings (SSSR count). The average Bonchev–Trinajstić information content (AvgIpc) is 3.13. The van der Waals surface area contributed by atoms with Crippen LogP contribution >= 0.6 is 23.2 Å². The van der Waals surface area contributed by atoms with Crippen molar-refractivity contribution < 1.29 is 14.3 Å². The van der Waals surface area contributed by atoms with Gasteiger partial charge in [0.25, 0.3) is 0 Å². The topological polar surface area (TPSA) is 131 Å². The molecule has 1 fully saturated rings. The summed E-state index contributed by atoms with van der Waals surface area (Å²) in [6.07, 6.45) is 4.26. The normalized spacial score (nSPS) is 19.4. The van der Waals surface area contributed by atoms with Gasteiger partial charge in [-0.15, -0.1) is 0 Å². The highest BCUT2D eigenvalue weighted by Gasteiger charge is 2.29. The maximum atomic E-state index is 13.7. The van der Waals surface area contributed by atoms with E-state index < -0.39 is 5.82 Å². The van der Waals surface area contributed by atoms with Crippen molar-refractivity contribution in [3.63, 3.8) is 0 Å². The van der Waals surface area contributed by atoms with E-state index >= 15 is 0 Å². The van der Waals surface area contributed by atoms with Crippen LogP contribution in [-0.2, 0) is 4.79 Å². The van der Waals surface area contributed by atoms with Crippen molar-refractivity contribution in [1.82, 2.24) is 19.5 Å². The summed E-state index contributed by atoms with van der Waals surface area (Å²) >= 11 is 12.5. The van der Waals surface area contributed by atoms with Crippen LogP contribution in [-0.4, -0.2) is 43.2 Å². The van der Waals surface area contributed by atoms with Gasteiger partial charge in [0.15, 0.2) is 5.65 Å². The predicted molar refractivity (Wildman–Crippen MR) is 125 cm³/mol. The monoisotopic (exact) mass is 495 g/mol. The molecule has 5 N–H and O–H groups in total. The van der Waals surface area contributed by atoms with E-state index in [1.54, 1.807) is 6.20 Å². The molecule has 1 aromatic carbocycles. The summed E-state index contributed by atoms with van der Waals surface area (Å²) in [4.78, 5) is 25.2. The fraction of sp³-hybridized carbons (Fsp3) is 0.429. The number of nitrogens with zero attached hydrogens (tertiary/aromatic N) is 4. The molecule has 0 spiro atoms. The first-order chi connectivity index (χ1) is 15.8. The fourth-order valence-corrected chi connectivity index (χ4v) is 4.61. The van der Waals surface area contributed by atoms with E-state index in [9.17, 15) is 14.3 Å². The summed E-state index contributed by atoms with van der Waals surface area (Å²) in [5.41, 5.74) is 6.92. The first-order valence-corrected chi connectivity index (χ1v) is 11.4. The Morgan fingerprint density at radius 1 is 1.27 bits per heavy atom. The van der Waals surface area contributed by atoms with Gasteiger partial charge < -0.3 is 21.5 Å². The van der Waals surface area contributed by atoms with Crippen LogP contribution in [0.1, 0.15) is 38.6 Å². The SMILES string of the molecule is CC(CO)Nc1ncc2nc(Nc3c(Cl)cc(F)cc3Cl)n(C3CCC(C(N)=O)CC3)c2n1. The molecule has 2 heterocycles. The standard InChI is InChI=1S/C21H24Cl2FN7O2/c1-10(9-32)27-20-26-8-16-19(30-20)31(13-4-2-11(3-5-13)18(25)33)21(28-16)29-17-14(22)6-12(24)7-15(17)23/h6-8,10-11,13,32H,2-5,9H2,1H3,(H2,25,33)(H,28,29)(H,26,27,30). The number of aliphatic hydroxyl groups is 1. The second kappa shape index (κ2) is 9.66. The Bertz CT molecular complexity index is 1160. The van der Waals surface area contributed by atoms with Crippen LogP contribution in [0.5, 0.6) is 0 Å². The molecular weight excluding hydrogens is 472 g/mol. The Kier molecular flexibility index (Phi) is 6.87. The van der Waals surface area contributed by atoms with Gasteiger partial charge in [0.2, 0.25) is 17.8 Å². The molecule has 176 valence electrons. The summed E-state index contributed by atoms with van der Waals surface area (Å²) in [6.45, 7) is 1.73. The Morgan fingerprint density at radius 3 is 2.55 bits per heavy atom. The minimum Gasteiger partial charge on any atom is -0.394 e. The van der Waals surface area contributed by atoms with Crippen molar-refractivity contribution in [2.75, 3.05) is 17.2 Å². The van der Waals surface area contributed by atoms with E-state index in [-0.39, 0.29) is 40.6 Å². The minimum atomic E-state index is -0.548. The van der Waals surface area contributed by atoms with E-state index in [1.165, 1.54) is 12.1 Å². The van der Waals surface area contributed by atoms with Crippen LogP contribution in [0.3, 0.4) is 0 Å². The van der Waals surface area contributed by atoms with E-state index in [0.717, 1.165) is 0 Å². The lowest BCUT2D eigenvalue weighted by Gasteiger charge is -2.29. The number of nitrogens with one attached hydrogen (secondary N) is 2. The molecule has 0 bridgehead atoms. The van der Waals surface area contributed by atoms with E-state index in [2.05, 4.69) is 25.6 Å². The van der Waals surface area contributed by atoms with Crippen LogP contribution in [0.2, 0.25) is 10.0 Å². The van der Waals surface area contributed by atoms with Crippen LogP contribution in [0.4, 0.5) is 22.0 Å². The molecule has 0 aliphatic heterocycles. The fourth-order valence-electron chi connectivity index (χ4n) is 4.05. The number of carbonyl (C=O) groups excluding carboxylic acids is 1. The Balaban J connectivity index is 1.77. The number of primary amides is 1. The van der Waals surface area contributed by atoms with Gasteiger partial charge >= 0.3 is 0 Å². The van der Waals surface area contributed by atoms with Crippen LogP contribution in [0.15, 0.2) is 18.3 Å². The molecule has 9 nitrogen and oxygen atoms in total. The number of aromatic nitrogens is 4. The molecular formula is C21H24Cl2FN7O2. The number of rotatable bonds is 7. The number of benzene rings is 1. The Hall–Kier alpha value is -2.69. The quantitative estimate of drug-likeness (QED) is 0.389. The number of halogens is 3. The van der Waals surface area contributed by atoms with Crippen molar-refractivity contribution in [2.45, 2.75) is 44.7 Å². The maximum Gasteiger partial charge on any atom is 0.225 e. The lowest BCUT2D eigenvalue weighted by Crippen LogP contribution is -2.29. The second-order valence-corrected chi connectivity index (χ2v) is 9.03. The van der Waals surface area contributed by atoms with Crippen LogP contribution in [0, 0.1) is 11.7 Å². The summed E-state index contributed by atoms with van der Waals surface area (Å²) in [7, 11) is 0. The third kappa shape index (κ3) is 4.97. The number of fused-ring (bicyclic) bond motifs is 1. The summed E-state index contributed by atoms with van der Waals surface area (Å²) in [5.74, 6) is -0.233. The van der Waals surface area contributed by atoms with E-state index in [1.807, 2.05) is 11.5 Å². The van der Waals surface area contributed by atoms with Crippen molar-refractivity contribution >= 4 is 57.9 Å². The van der Waals surface area contributed by atoms with Gasteiger partial charge in [-0.05, 0) is 44.7 Å². The lowest BCUT2D eigenvalue weighted by molar-refractivity contribution is -0.122. The number of carbonyl (C=O) groups is 1. The number of nitrogens with two attached hydrogens (primary N) is 1. The van der Waals surface area contributed by atoms with Gasteiger partial charge in [0.1, 0.15) is 11.3 Å². The zero-order valence-electron chi connectivity index (χ0n) is 17.9. The zero-order valence-corrected chi connectivity index (χ0v) is 19.4. The number of anilines is 3. The predicted octanol–water partition coefficient (Wildman–Crippen LogP) is 4.03. The molecule has 1 unspecified atom stereocenters. The first-order valence-electron chi connectivity index (χ1n) is 10.6. The van der Waals surface area contributed by atoms with Gasteiger partial charge in [-0.1, -0.05) is 23.2 Å². The molecule has 33 heavy (non-hydrogen) atoms. The molecule has 1 atom stereocenters. The summed E-state index contributed by atoms with van der Waals surface area (Å²) in [6, 6.07) is 2.07.